The highest BCUT2D eigenvalue weighted by Gasteiger charge is 2.33. The van der Waals surface area contributed by atoms with Crippen LogP contribution in [0.1, 0.15) is 0 Å². The van der Waals surface area contributed by atoms with Crippen molar-refractivity contribution in [2.45, 2.75) is 6.04 Å². The molecule has 1 aliphatic rings. The lowest BCUT2D eigenvalue weighted by Crippen LogP contribution is -2.50. The standard InChI is InChI=1S/C6H11NO4S/c1-7-2-3-12(10,11)4-5(7)6(8)9/h5H,2-4H2,1H3,(H,8,9). The van der Waals surface area contributed by atoms with Crippen molar-refractivity contribution in [1.29, 1.82) is 0 Å². The Morgan fingerprint density at radius 3 is 2.58 bits per heavy atom. The molecule has 0 amide bonds. The maximum absolute atomic E-state index is 11.0. The van der Waals surface area contributed by atoms with Crippen molar-refractivity contribution in [3.05, 3.63) is 0 Å². The monoisotopic (exact) mass is 193 g/mol. The van der Waals surface area contributed by atoms with Crippen molar-refractivity contribution in [3.8, 4) is 0 Å². The largest absolute Gasteiger partial charge is 0.480 e. The van der Waals surface area contributed by atoms with E-state index in [0.717, 1.165) is 0 Å². The Morgan fingerprint density at radius 1 is 1.58 bits per heavy atom. The van der Waals surface area contributed by atoms with E-state index in [4.69, 9.17) is 5.11 Å². The summed E-state index contributed by atoms with van der Waals surface area (Å²) in [4.78, 5) is 12.1. The van der Waals surface area contributed by atoms with Crippen LogP contribution in [0, 0.1) is 0 Å². The van der Waals surface area contributed by atoms with E-state index in [1.54, 1.807) is 11.9 Å². The summed E-state index contributed by atoms with van der Waals surface area (Å²) >= 11 is 0. The third-order valence-corrected chi connectivity index (χ3v) is 3.61. The minimum Gasteiger partial charge on any atom is -0.480 e. The van der Waals surface area contributed by atoms with Gasteiger partial charge in [-0.2, -0.15) is 0 Å². The van der Waals surface area contributed by atoms with Gasteiger partial charge < -0.3 is 5.11 Å². The maximum atomic E-state index is 11.0. The smallest absolute Gasteiger partial charge is 0.321 e. The maximum Gasteiger partial charge on any atom is 0.321 e. The number of rotatable bonds is 1. The Hall–Kier alpha value is -0.620. The number of nitrogens with zero attached hydrogens (tertiary/aromatic N) is 1. The summed E-state index contributed by atoms with van der Waals surface area (Å²) < 4.78 is 22.0. The van der Waals surface area contributed by atoms with Gasteiger partial charge in [0.15, 0.2) is 9.84 Å². The predicted octanol–water partition coefficient (Wildman–Crippen LogP) is -1.20. The highest BCUT2D eigenvalue weighted by atomic mass is 32.2. The van der Waals surface area contributed by atoms with Gasteiger partial charge in [0.1, 0.15) is 6.04 Å². The first-order valence-corrected chi connectivity index (χ1v) is 5.38. The van der Waals surface area contributed by atoms with Crippen LogP contribution < -0.4 is 0 Å². The highest BCUT2D eigenvalue weighted by Crippen LogP contribution is 2.09. The van der Waals surface area contributed by atoms with E-state index in [1.165, 1.54) is 0 Å². The number of aliphatic carboxylic acids is 1. The molecule has 1 fully saturated rings. The zero-order valence-corrected chi connectivity index (χ0v) is 7.54. The van der Waals surface area contributed by atoms with E-state index in [-0.39, 0.29) is 11.5 Å². The number of hydrogen-bond donors (Lipinski definition) is 1. The molecule has 70 valence electrons. The van der Waals surface area contributed by atoms with Gasteiger partial charge in [0.2, 0.25) is 0 Å². The average Bonchev–Trinajstić information content (AvgIpc) is 1.94. The Bertz CT molecular complexity index is 284. The number of carbonyl (C=O) groups is 1. The molecule has 0 aromatic heterocycles. The molecule has 0 bridgehead atoms. The van der Waals surface area contributed by atoms with Gasteiger partial charge in [0.25, 0.3) is 0 Å². The summed E-state index contributed by atoms with van der Waals surface area (Å²) in [5, 5.41) is 8.63. The molecule has 0 spiro atoms. The molecular formula is C6H11NO4S. The highest BCUT2D eigenvalue weighted by molar-refractivity contribution is 7.91. The SMILES string of the molecule is CN1CCS(=O)(=O)CC1C(=O)O. The summed E-state index contributed by atoms with van der Waals surface area (Å²) in [5.41, 5.74) is 0. The Balaban J connectivity index is 2.79. The summed E-state index contributed by atoms with van der Waals surface area (Å²) in [6, 6.07) is -0.872. The Labute approximate surface area is 70.9 Å². The van der Waals surface area contributed by atoms with Crippen LogP contribution in [0.4, 0.5) is 0 Å². The molecule has 5 nitrogen and oxygen atoms in total. The molecule has 0 aromatic rings. The number of likely N-dealkylation sites (N-methyl/N-ethyl adjacent to an activating group) is 1. The normalized spacial score (nSPS) is 29.9. The molecule has 1 heterocycles. The van der Waals surface area contributed by atoms with E-state index in [2.05, 4.69) is 0 Å². The minimum atomic E-state index is -3.13. The first-order valence-electron chi connectivity index (χ1n) is 3.56. The zero-order chi connectivity index (χ0) is 9.35. The van der Waals surface area contributed by atoms with Crippen molar-refractivity contribution >= 4 is 15.8 Å². The first kappa shape index (κ1) is 9.47. The third kappa shape index (κ3) is 1.95. The van der Waals surface area contributed by atoms with E-state index in [1.807, 2.05) is 0 Å². The molecule has 12 heavy (non-hydrogen) atoms. The quantitative estimate of drug-likeness (QED) is 0.566. The lowest BCUT2D eigenvalue weighted by molar-refractivity contribution is -0.142. The molecule has 0 saturated carbocycles. The van der Waals surface area contributed by atoms with E-state index in [0.29, 0.717) is 6.54 Å². The topological polar surface area (TPSA) is 74.7 Å². The first-order chi connectivity index (χ1) is 5.42. The minimum absolute atomic E-state index is 0.0628. The fraction of sp³-hybridized carbons (Fsp3) is 0.833. The molecule has 6 heteroatoms. The lowest BCUT2D eigenvalue weighted by atomic mass is 10.3. The summed E-state index contributed by atoms with van der Waals surface area (Å²) in [6.45, 7) is 0.305. The van der Waals surface area contributed by atoms with Crippen LogP contribution in [0.15, 0.2) is 0 Å². The van der Waals surface area contributed by atoms with Crippen LogP contribution in [0.5, 0.6) is 0 Å². The number of sulfone groups is 1. The van der Waals surface area contributed by atoms with E-state index >= 15 is 0 Å². The fourth-order valence-electron chi connectivity index (χ4n) is 1.15. The van der Waals surface area contributed by atoms with Crippen molar-refractivity contribution in [2.75, 3.05) is 25.1 Å². The van der Waals surface area contributed by atoms with Crippen LogP contribution in [0.25, 0.3) is 0 Å². The average molecular weight is 193 g/mol. The number of hydrogen-bond acceptors (Lipinski definition) is 4. The van der Waals surface area contributed by atoms with Gasteiger partial charge in [-0.1, -0.05) is 0 Å². The van der Waals surface area contributed by atoms with Gasteiger partial charge >= 0.3 is 5.97 Å². The van der Waals surface area contributed by atoms with Crippen LogP contribution >= 0.6 is 0 Å². The molecule has 0 radical (unpaired) electrons. The van der Waals surface area contributed by atoms with Crippen LogP contribution in [-0.4, -0.2) is 55.5 Å². The van der Waals surface area contributed by atoms with Crippen molar-refractivity contribution < 1.29 is 18.3 Å². The van der Waals surface area contributed by atoms with Crippen molar-refractivity contribution in [2.24, 2.45) is 0 Å². The van der Waals surface area contributed by atoms with Crippen molar-refractivity contribution in [3.63, 3.8) is 0 Å². The second kappa shape index (κ2) is 3.02. The second-order valence-corrected chi connectivity index (χ2v) is 5.18. The molecule has 1 aliphatic heterocycles. The van der Waals surface area contributed by atoms with Gasteiger partial charge in [-0.15, -0.1) is 0 Å². The predicted molar refractivity (Wildman–Crippen MR) is 42.7 cm³/mol. The molecule has 0 aliphatic carbocycles. The van der Waals surface area contributed by atoms with Crippen molar-refractivity contribution in [1.82, 2.24) is 4.90 Å². The molecule has 1 N–H and O–H groups in total. The molecule has 1 rings (SSSR count). The van der Waals surface area contributed by atoms with Crippen LogP contribution in [0.2, 0.25) is 0 Å². The van der Waals surface area contributed by atoms with Gasteiger partial charge in [-0.3, -0.25) is 9.69 Å². The van der Waals surface area contributed by atoms with Gasteiger partial charge in [0, 0.05) is 6.54 Å². The molecule has 1 saturated heterocycles. The second-order valence-electron chi connectivity index (χ2n) is 2.95. The van der Waals surface area contributed by atoms with E-state index in [9.17, 15) is 13.2 Å². The summed E-state index contributed by atoms with van der Waals surface area (Å²) in [5.74, 6) is -1.27. The molecule has 1 atom stereocenters. The third-order valence-electron chi connectivity index (χ3n) is 1.98. The van der Waals surface area contributed by atoms with E-state index < -0.39 is 21.8 Å². The summed E-state index contributed by atoms with van der Waals surface area (Å²) in [6.07, 6.45) is 0. The zero-order valence-electron chi connectivity index (χ0n) is 6.73. The van der Waals surface area contributed by atoms with Gasteiger partial charge in [-0.05, 0) is 7.05 Å². The molecule has 1 unspecified atom stereocenters. The number of carboxylic acids is 1. The Kier molecular flexibility index (Phi) is 2.39. The molecule has 0 aromatic carbocycles. The van der Waals surface area contributed by atoms with Crippen LogP contribution in [-0.2, 0) is 14.6 Å². The Morgan fingerprint density at radius 2 is 2.17 bits per heavy atom. The lowest BCUT2D eigenvalue weighted by Gasteiger charge is -2.28. The van der Waals surface area contributed by atoms with Gasteiger partial charge in [-0.25, -0.2) is 8.42 Å². The van der Waals surface area contributed by atoms with Gasteiger partial charge in [0.05, 0.1) is 11.5 Å². The summed E-state index contributed by atoms with van der Waals surface area (Å²) in [7, 11) is -1.51. The molecular weight excluding hydrogens is 182 g/mol. The number of carboxylic acid groups (broad SMARTS) is 1. The fourth-order valence-corrected chi connectivity index (χ4v) is 2.76. The van der Waals surface area contributed by atoms with Crippen LogP contribution in [0.3, 0.4) is 0 Å².